The minimum Gasteiger partial charge on any atom is -0.467 e. The molecule has 0 aliphatic rings. The van der Waals surface area contributed by atoms with E-state index >= 15 is 0 Å². The molecule has 116 valence electrons. The predicted octanol–water partition coefficient (Wildman–Crippen LogP) is 1.45. The summed E-state index contributed by atoms with van der Waals surface area (Å²) in [5, 5.41) is 5.56. The minimum absolute atomic E-state index is 0.151. The molecular formula is C15H22N2O4. The molecule has 21 heavy (non-hydrogen) atoms. The highest BCUT2D eigenvalue weighted by Gasteiger charge is 2.22. The first-order valence-corrected chi connectivity index (χ1v) is 6.81. The van der Waals surface area contributed by atoms with Gasteiger partial charge in [0, 0.05) is 12.6 Å². The third-order valence-electron chi connectivity index (χ3n) is 2.72. The van der Waals surface area contributed by atoms with Crippen molar-refractivity contribution in [2.24, 2.45) is 0 Å². The van der Waals surface area contributed by atoms with Crippen LogP contribution in [0.15, 0.2) is 30.3 Å². The van der Waals surface area contributed by atoms with E-state index in [-0.39, 0.29) is 19.2 Å². The van der Waals surface area contributed by atoms with Crippen molar-refractivity contribution in [1.29, 1.82) is 0 Å². The number of hydrogen-bond acceptors (Lipinski definition) is 5. The highest BCUT2D eigenvalue weighted by atomic mass is 16.6. The fraction of sp³-hybridized carbons (Fsp3) is 0.467. The van der Waals surface area contributed by atoms with Gasteiger partial charge in [-0.15, -0.1) is 0 Å². The van der Waals surface area contributed by atoms with Crippen LogP contribution in [0.5, 0.6) is 0 Å². The number of carbonyl (C=O) groups is 2. The lowest BCUT2D eigenvalue weighted by Gasteiger charge is -2.18. The van der Waals surface area contributed by atoms with Gasteiger partial charge < -0.3 is 20.1 Å². The van der Waals surface area contributed by atoms with Gasteiger partial charge >= 0.3 is 12.1 Å². The van der Waals surface area contributed by atoms with Crippen molar-refractivity contribution in [2.75, 3.05) is 13.7 Å². The fourth-order valence-corrected chi connectivity index (χ4v) is 1.60. The Kier molecular flexibility index (Phi) is 7.25. The lowest BCUT2D eigenvalue weighted by Crippen LogP contribution is -2.49. The standard InChI is InChI=1S/C15H22N2O4/c1-11(2)16-9-13(14(18)20-3)17-15(19)21-10-12-7-5-4-6-8-12/h4-8,11,13,16H,9-10H2,1-3H3,(H,17,19)/t13-/m0/s1. The van der Waals surface area contributed by atoms with Gasteiger partial charge in [0.15, 0.2) is 0 Å². The summed E-state index contributed by atoms with van der Waals surface area (Å²) < 4.78 is 9.73. The Morgan fingerprint density at radius 3 is 2.43 bits per heavy atom. The summed E-state index contributed by atoms with van der Waals surface area (Å²) in [7, 11) is 1.28. The molecule has 0 aliphatic carbocycles. The van der Waals surface area contributed by atoms with Crippen LogP contribution >= 0.6 is 0 Å². The summed E-state index contributed by atoms with van der Waals surface area (Å²) in [6, 6.07) is 8.73. The van der Waals surface area contributed by atoms with Gasteiger partial charge in [0.1, 0.15) is 12.6 Å². The van der Waals surface area contributed by atoms with Crippen molar-refractivity contribution in [3.63, 3.8) is 0 Å². The van der Waals surface area contributed by atoms with Crippen molar-refractivity contribution in [1.82, 2.24) is 10.6 Å². The van der Waals surface area contributed by atoms with Gasteiger partial charge in [-0.05, 0) is 5.56 Å². The molecule has 1 atom stereocenters. The molecule has 6 heteroatoms. The maximum absolute atomic E-state index is 11.7. The van der Waals surface area contributed by atoms with Crippen molar-refractivity contribution in [3.8, 4) is 0 Å². The normalized spacial score (nSPS) is 11.8. The lowest BCUT2D eigenvalue weighted by atomic mass is 10.2. The van der Waals surface area contributed by atoms with Crippen LogP contribution in [0.3, 0.4) is 0 Å². The number of carbonyl (C=O) groups excluding carboxylic acids is 2. The van der Waals surface area contributed by atoms with E-state index in [0.717, 1.165) is 5.56 Å². The zero-order valence-electron chi connectivity index (χ0n) is 12.6. The Morgan fingerprint density at radius 2 is 1.86 bits per heavy atom. The summed E-state index contributed by atoms with van der Waals surface area (Å²) in [5.74, 6) is -0.514. The topological polar surface area (TPSA) is 76.7 Å². The van der Waals surface area contributed by atoms with Crippen LogP contribution in [0.1, 0.15) is 19.4 Å². The van der Waals surface area contributed by atoms with E-state index in [1.807, 2.05) is 44.2 Å². The van der Waals surface area contributed by atoms with Crippen LogP contribution in [0.4, 0.5) is 4.79 Å². The molecule has 1 aromatic rings. The molecule has 0 saturated heterocycles. The maximum Gasteiger partial charge on any atom is 0.408 e. The summed E-state index contributed by atoms with van der Waals surface area (Å²) in [5.41, 5.74) is 0.877. The predicted molar refractivity (Wildman–Crippen MR) is 78.7 cm³/mol. The molecule has 0 bridgehead atoms. The number of amides is 1. The number of alkyl carbamates (subject to hydrolysis) is 1. The van der Waals surface area contributed by atoms with Crippen molar-refractivity contribution < 1.29 is 19.1 Å². The second-order valence-electron chi connectivity index (χ2n) is 4.84. The second-order valence-corrected chi connectivity index (χ2v) is 4.84. The molecule has 0 spiro atoms. The highest BCUT2D eigenvalue weighted by molar-refractivity contribution is 5.81. The second kappa shape index (κ2) is 8.97. The van der Waals surface area contributed by atoms with Crippen molar-refractivity contribution >= 4 is 12.1 Å². The van der Waals surface area contributed by atoms with E-state index in [2.05, 4.69) is 15.4 Å². The molecule has 0 aromatic heterocycles. The molecule has 0 aliphatic heterocycles. The van der Waals surface area contributed by atoms with Crippen molar-refractivity contribution in [3.05, 3.63) is 35.9 Å². The Bertz CT molecular complexity index is 448. The van der Waals surface area contributed by atoms with Crippen LogP contribution in [-0.4, -0.2) is 37.8 Å². The molecule has 2 N–H and O–H groups in total. The fourth-order valence-electron chi connectivity index (χ4n) is 1.60. The van der Waals surface area contributed by atoms with Crippen molar-refractivity contribution in [2.45, 2.75) is 32.5 Å². The summed E-state index contributed by atoms with van der Waals surface area (Å²) in [6.07, 6.45) is -0.653. The number of hydrogen-bond donors (Lipinski definition) is 2. The van der Waals surface area contributed by atoms with E-state index in [1.165, 1.54) is 7.11 Å². The lowest BCUT2D eigenvalue weighted by molar-refractivity contribution is -0.142. The monoisotopic (exact) mass is 294 g/mol. The quantitative estimate of drug-likeness (QED) is 0.744. The van der Waals surface area contributed by atoms with Gasteiger partial charge in [-0.1, -0.05) is 44.2 Å². The van der Waals surface area contributed by atoms with Crippen LogP contribution < -0.4 is 10.6 Å². The first-order chi connectivity index (χ1) is 10.0. The van der Waals surface area contributed by atoms with Crippen LogP contribution in [0.25, 0.3) is 0 Å². The number of esters is 1. The Hall–Kier alpha value is -2.08. The number of methoxy groups -OCH3 is 1. The van der Waals surface area contributed by atoms with Gasteiger partial charge in [0.25, 0.3) is 0 Å². The Balaban J connectivity index is 2.45. The largest absolute Gasteiger partial charge is 0.467 e. The number of ether oxygens (including phenoxy) is 2. The van der Waals surface area contributed by atoms with Gasteiger partial charge in [-0.25, -0.2) is 9.59 Å². The molecule has 0 heterocycles. The average Bonchev–Trinajstić information content (AvgIpc) is 2.49. The minimum atomic E-state index is -0.777. The summed E-state index contributed by atoms with van der Waals surface area (Å²) >= 11 is 0. The molecule has 0 unspecified atom stereocenters. The first kappa shape index (κ1) is 17.0. The maximum atomic E-state index is 11.7. The number of nitrogens with one attached hydrogen (secondary N) is 2. The van der Waals surface area contributed by atoms with Gasteiger partial charge in [-0.2, -0.15) is 0 Å². The Morgan fingerprint density at radius 1 is 1.19 bits per heavy atom. The number of benzene rings is 1. The van der Waals surface area contributed by atoms with E-state index in [1.54, 1.807) is 0 Å². The van der Waals surface area contributed by atoms with Crippen LogP contribution in [0.2, 0.25) is 0 Å². The van der Waals surface area contributed by atoms with E-state index < -0.39 is 18.1 Å². The zero-order valence-corrected chi connectivity index (χ0v) is 12.6. The van der Waals surface area contributed by atoms with Gasteiger partial charge in [-0.3, -0.25) is 0 Å². The molecule has 0 radical (unpaired) electrons. The van der Waals surface area contributed by atoms with E-state index in [4.69, 9.17) is 4.74 Å². The van der Waals surface area contributed by atoms with Gasteiger partial charge in [0.05, 0.1) is 7.11 Å². The smallest absolute Gasteiger partial charge is 0.408 e. The van der Waals surface area contributed by atoms with Crippen LogP contribution in [-0.2, 0) is 20.9 Å². The molecule has 0 saturated carbocycles. The molecule has 1 amide bonds. The summed E-state index contributed by atoms with van der Waals surface area (Å²) in [6.45, 7) is 4.33. The SMILES string of the molecule is COC(=O)[C@H](CNC(C)C)NC(=O)OCc1ccccc1. The molecule has 6 nitrogen and oxygen atoms in total. The third kappa shape index (κ3) is 6.76. The van der Waals surface area contributed by atoms with E-state index in [9.17, 15) is 9.59 Å². The Labute approximate surface area is 124 Å². The third-order valence-corrected chi connectivity index (χ3v) is 2.72. The van der Waals surface area contributed by atoms with Gasteiger partial charge in [0.2, 0.25) is 0 Å². The highest BCUT2D eigenvalue weighted by Crippen LogP contribution is 2.01. The summed E-state index contributed by atoms with van der Waals surface area (Å²) in [4.78, 5) is 23.3. The first-order valence-electron chi connectivity index (χ1n) is 6.81. The average molecular weight is 294 g/mol. The molecule has 1 rings (SSSR count). The zero-order chi connectivity index (χ0) is 15.7. The van der Waals surface area contributed by atoms with E-state index in [0.29, 0.717) is 0 Å². The molecule has 0 fully saturated rings. The molecule has 1 aromatic carbocycles. The number of rotatable bonds is 7. The molecular weight excluding hydrogens is 272 g/mol. The van der Waals surface area contributed by atoms with Crippen LogP contribution in [0, 0.1) is 0 Å².